The van der Waals surface area contributed by atoms with Gasteiger partial charge in [-0.15, -0.1) is 0 Å². The maximum absolute atomic E-state index is 12.5. The fourth-order valence-electron chi connectivity index (χ4n) is 2.42. The zero-order chi connectivity index (χ0) is 17.3. The maximum atomic E-state index is 12.5. The van der Waals surface area contributed by atoms with E-state index in [-0.39, 0.29) is 5.70 Å². The highest BCUT2D eigenvalue weighted by Gasteiger charge is 2.34. The highest BCUT2D eigenvalue weighted by molar-refractivity contribution is 6.32. The second-order valence-electron chi connectivity index (χ2n) is 5.59. The van der Waals surface area contributed by atoms with E-state index in [0.29, 0.717) is 10.7 Å². The van der Waals surface area contributed by atoms with Crippen LogP contribution < -0.4 is 15.1 Å². The highest BCUT2D eigenvalue weighted by Crippen LogP contribution is 2.25. The monoisotopic (exact) mass is 341 g/mol. The van der Waals surface area contributed by atoms with Crippen molar-refractivity contribution in [1.29, 1.82) is 0 Å². The van der Waals surface area contributed by atoms with Crippen molar-refractivity contribution in [2.75, 3.05) is 23.9 Å². The molecular weight excluding hydrogens is 326 g/mol. The summed E-state index contributed by atoms with van der Waals surface area (Å²) in [6.45, 7) is 0. The van der Waals surface area contributed by atoms with Gasteiger partial charge in [0, 0.05) is 24.8 Å². The Morgan fingerprint density at radius 2 is 1.79 bits per heavy atom. The Labute approximate surface area is 145 Å². The summed E-state index contributed by atoms with van der Waals surface area (Å²) < 4.78 is 0. The van der Waals surface area contributed by atoms with E-state index in [0.717, 1.165) is 16.2 Å². The molecule has 0 radical (unpaired) electrons. The minimum absolute atomic E-state index is 0.234. The fourth-order valence-corrected chi connectivity index (χ4v) is 2.60. The summed E-state index contributed by atoms with van der Waals surface area (Å²) in [5, 5.41) is 3.07. The number of hydrogen-bond acceptors (Lipinski definition) is 3. The first-order valence-corrected chi connectivity index (χ1v) is 7.73. The molecule has 0 spiro atoms. The van der Waals surface area contributed by atoms with Crippen molar-refractivity contribution in [2.45, 2.75) is 0 Å². The van der Waals surface area contributed by atoms with Crippen molar-refractivity contribution in [1.82, 2.24) is 5.32 Å². The van der Waals surface area contributed by atoms with Crippen molar-refractivity contribution in [3.8, 4) is 0 Å². The lowest BCUT2D eigenvalue weighted by Gasteiger charge is -2.12. The van der Waals surface area contributed by atoms with Crippen LogP contribution in [0.25, 0.3) is 6.08 Å². The van der Waals surface area contributed by atoms with E-state index < -0.39 is 11.9 Å². The molecule has 122 valence electrons. The van der Waals surface area contributed by atoms with Crippen molar-refractivity contribution in [3.63, 3.8) is 0 Å². The van der Waals surface area contributed by atoms with Gasteiger partial charge in [-0.25, -0.2) is 9.69 Å². The first-order valence-electron chi connectivity index (χ1n) is 7.36. The maximum Gasteiger partial charge on any atom is 0.333 e. The Bertz CT molecular complexity index is 828. The number of anilines is 2. The number of halogens is 1. The predicted molar refractivity (Wildman–Crippen MR) is 96.2 cm³/mol. The fraction of sp³-hybridized carbons (Fsp3) is 0.111. The van der Waals surface area contributed by atoms with Crippen molar-refractivity contribution >= 4 is 41.0 Å². The molecule has 24 heavy (non-hydrogen) atoms. The molecule has 1 aliphatic rings. The minimum Gasteiger partial charge on any atom is -0.378 e. The number of benzene rings is 2. The standard InChI is InChI=1S/C18H16ClN3O2/c1-21(2)14-8-6-12(7-9-14)10-16-17(23)22(18(24)20-16)15-5-3-4-13(19)11-15/h3-11H,1-2H3,(H,20,24)/b16-10+. The summed E-state index contributed by atoms with van der Waals surface area (Å²) in [5.74, 6) is -0.404. The number of carbonyl (C=O) groups is 2. The van der Waals surface area contributed by atoms with Crippen LogP contribution in [0.3, 0.4) is 0 Å². The number of urea groups is 1. The Morgan fingerprint density at radius 1 is 1.08 bits per heavy atom. The van der Waals surface area contributed by atoms with E-state index in [4.69, 9.17) is 11.6 Å². The van der Waals surface area contributed by atoms with Crippen molar-refractivity contribution < 1.29 is 9.59 Å². The lowest BCUT2D eigenvalue weighted by molar-refractivity contribution is -0.113. The van der Waals surface area contributed by atoms with E-state index >= 15 is 0 Å². The normalized spacial score (nSPS) is 15.8. The Hall–Kier alpha value is -2.79. The zero-order valence-corrected chi connectivity index (χ0v) is 14.0. The molecule has 1 saturated heterocycles. The first kappa shape index (κ1) is 16.1. The molecule has 0 bridgehead atoms. The summed E-state index contributed by atoms with van der Waals surface area (Å²) in [7, 11) is 3.91. The van der Waals surface area contributed by atoms with E-state index in [1.807, 2.05) is 43.3 Å². The molecule has 1 N–H and O–H groups in total. The third kappa shape index (κ3) is 3.12. The SMILES string of the molecule is CN(C)c1ccc(/C=C2/NC(=O)N(c3cccc(Cl)c3)C2=O)cc1. The summed E-state index contributed by atoms with van der Waals surface area (Å²) in [6, 6.07) is 13.8. The van der Waals surface area contributed by atoms with Crippen molar-refractivity contribution in [3.05, 3.63) is 64.8 Å². The van der Waals surface area contributed by atoms with Crippen LogP contribution in [0, 0.1) is 0 Å². The van der Waals surface area contributed by atoms with Crippen LogP contribution in [0.2, 0.25) is 5.02 Å². The Morgan fingerprint density at radius 3 is 2.42 bits per heavy atom. The van der Waals surface area contributed by atoms with Crippen LogP contribution in [-0.4, -0.2) is 26.0 Å². The third-order valence-corrected chi connectivity index (χ3v) is 3.90. The molecule has 0 saturated carbocycles. The average molecular weight is 342 g/mol. The van der Waals surface area contributed by atoms with Gasteiger partial charge in [0.1, 0.15) is 5.70 Å². The topological polar surface area (TPSA) is 52.7 Å². The molecule has 0 atom stereocenters. The summed E-state index contributed by atoms with van der Waals surface area (Å²) in [5.41, 5.74) is 2.56. The van der Waals surface area contributed by atoms with Gasteiger partial charge in [0.2, 0.25) is 0 Å². The smallest absolute Gasteiger partial charge is 0.333 e. The van der Waals surface area contributed by atoms with Gasteiger partial charge in [-0.05, 0) is 42.0 Å². The summed E-state index contributed by atoms with van der Waals surface area (Å²) in [4.78, 5) is 27.7. The van der Waals surface area contributed by atoms with Gasteiger partial charge >= 0.3 is 6.03 Å². The van der Waals surface area contributed by atoms with E-state index in [1.165, 1.54) is 0 Å². The number of rotatable bonds is 3. The largest absolute Gasteiger partial charge is 0.378 e. The number of nitrogens with zero attached hydrogens (tertiary/aromatic N) is 2. The van der Waals surface area contributed by atoms with Crippen LogP contribution in [-0.2, 0) is 4.79 Å². The van der Waals surface area contributed by atoms with Crippen molar-refractivity contribution in [2.24, 2.45) is 0 Å². The number of nitrogens with one attached hydrogen (secondary N) is 1. The van der Waals surface area contributed by atoms with E-state index in [9.17, 15) is 9.59 Å². The number of hydrogen-bond donors (Lipinski definition) is 1. The number of carbonyl (C=O) groups excluding carboxylic acids is 2. The van der Waals surface area contributed by atoms with Gasteiger partial charge in [0.25, 0.3) is 5.91 Å². The van der Waals surface area contributed by atoms with Gasteiger partial charge in [-0.3, -0.25) is 4.79 Å². The molecule has 1 fully saturated rings. The quantitative estimate of drug-likeness (QED) is 0.686. The molecule has 0 unspecified atom stereocenters. The number of amides is 3. The van der Waals surface area contributed by atoms with Crippen LogP contribution >= 0.6 is 11.6 Å². The van der Waals surface area contributed by atoms with Gasteiger partial charge in [-0.1, -0.05) is 29.8 Å². The molecule has 3 amide bonds. The second kappa shape index (κ2) is 6.37. The molecule has 5 nitrogen and oxygen atoms in total. The Balaban J connectivity index is 1.88. The average Bonchev–Trinajstić information content (AvgIpc) is 2.82. The molecule has 6 heteroatoms. The van der Waals surface area contributed by atoms with Crippen LogP contribution in [0.5, 0.6) is 0 Å². The molecule has 1 heterocycles. The molecule has 0 aliphatic carbocycles. The minimum atomic E-state index is -0.488. The molecular formula is C18H16ClN3O2. The molecule has 0 aromatic heterocycles. The number of imide groups is 1. The highest BCUT2D eigenvalue weighted by atomic mass is 35.5. The van der Waals surface area contributed by atoms with E-state index in [1.54, 1.807) is 30.3 Å². The lowest BCUT2D eigenvalue weighted by atomic mass is 10.1. The third-order valence-electron chi connectivity index (χ3n) is 3.67. The van der Waals surface area contributed by atoms with Gasteiger partial charge in [-0.2, -0.15) is 0 Å². The van der Waals surface area contributed by atoms with Gasteiger partial charge < -0.3 is 10.2 Å². The Kier molecular flexibility index (Phi) is 4.27. The molecule has 1 aliphatic heterocycles. The van der Waals surface area contributed by atoms with Gasteiger partial charge in [0.15, 0.2) is 0 Å². The molecule has 2 aromatic rings. The molecule has 2 aromatic carbocycles. The van der Waals surface area contributed by atoms with Crippen LogP contribution in [0.1, 0.15) is 5.56 Å². The summed E-state index contributed by atoms with van der Waals surface area (Å²) in [6.07, 6.45) is 1.66. The van der Waals surface area contributed by atoms with Crippen LogP contribution in [0.4, 0.5) is 16.2 Å². The summed E-state index contributed by atoms with van der Waals surface area (Å²) >= 11 is 5.94. The first-order chi connectivity index (χ1) is 11.5. The predicted octanol–water partition coefficient (Wildman–Crippen LogP) is 3.50. The van der Waals surface area contributed by atoms with Gasteiger partial charge in [0.05, 0.1) is 5.69 Å². The zero-order valence-electron chi connectivity index (χ0n) is 13.3. The van der Waals surface area contributed by atoms with Crippen LogP contribution in [0.15, 0.2) is 54.2 Å². The lowest BCUT2D eigenvalue weighted by Crippen LogP contribution is -2.30. The molecule has 3 rings (SSSR count). The second-order valence-corrected chi connectivity index (χ2v) is 6.03. The van der Waals surface area contributed by atoms with E-state index in [2.05, 4.69) is 5.32 Å².